The summed E-state index contributed by atoms with van der Waals surface area (Å²) in [7, 11) is 0. The van der Waals surface area contributed by atoms with Crippen molar-refractivity contribution in [3.05, 3.63) is 35.9 Å². The molecule has 0 spiro atoms. The molecule has 1 amide bonds. The van der Waals surface area contributed by atoms with Crippen molar-refractivity contribution in [2.75, 3.05) is 13.1 Å². The van der Waals surface area contributed by atoms with Gasteiger partial charge in [0.05, 0.1) is 5.54 Å². The average Bonchev–Trinajstić information content (AvgIpc) is 3.26. The van der Waals surface area contributed by atoms with Crippen LogP contribution in [0.4, 0.5) is 0 Å². The van der Waals surface area contributed by atoms with E-state index in [0.29, 0.717) is 12.0 Å². The first-order valence-corrected chi connectivity index (χ1v) is 8.26. The number of amides is 1. The van der Waals surface area contributed by atoms with Gasteiger partial charge in [0.2, 0.25) is 0 Å². The Hall–Kier alpha value is -1.35. The van der Waals surface area contributed by atoms with Gasteiger partial charge in [0, 0.05) is 11.6 Å². The second-order valence-electron chi connectivity index (χ2n) is 6.66. The highest BCUT2D eigenvalue weighted by Gasteiger charge is 2.50. The molecule has 2 aliphatic rings. The van der Waals surface area contributed by atoms with Crippen LogP contribution in [0.2, 0.25) is 0 Å². The summed E-state index contributed by atoms with van der Waals surface area (Å²) in [5, 5.41) is 3.40. The zero-order chi connectivity index (χ0) is 14.9. The SMILES string of the molecule is CCN1CCCC1[C@@](C)(NC(=O)c1ccccc1)C1CC1. The van der Waals surface area contributed by atoms with Gasteiger partial charge in [-0.15, -0.1) is 0 Å². The van der Waals surface area contributed by atoms with Crippen LogP contribution >= 0.6 is 0 Å². The van der Waals surface area contributed by atoms with Crippen LogP contribution in [0, 0.1) is 5.92 Å². The van der Waals surface area contributed by atoms with Gasteiger partial charge in [0.1, 0.15) is 0 Å². The highest BCUT2D eigenvalue weighted by Crippen LogP contribution is 2.45. The Bertz CT molecular complexity index is 497. The van der Waals surface area contributed by atoms with E-state index in [1.54, 1.807) is 0 Å². The average molecular weight is 286 g/mol. The van der Waals surface area contributed by atoms with Gasteiger partial charge in [0.25, 0.3) is 5.91 Å². The minimum atomic E-state index is -0.0839. The van der Waals surface area contributed by atoms with Gasteiger partial charge in [-0.25, -0.2) is 0 Å². The Balaban J connectivity index is 1.79. The zero-order valence-corrected chi connectivity index (χ0v) is 13.1. The first-order chi connectivity index (χ1) is 10.1. The second-order valence-corrected chi connectivity index (χ2v) is 6.66. The number of benzene rings is 1. The molecule has 114 valence electrons. The zero-order valence-electron chi connectivity index (χ0n) is 13.1. The van der Waals surface area contributed by atoms with Crippen molar-refractivity contribution in [3.8, 4) is 0 Å². The van der Waals surface area contributed by atoms with Crippen molar-refractivity contribution in [2.45, 2.75) is 51.1 Å². The summed E-state index contributed by atoms with van der Waals surface area (Å²) in [6.45, 7) is 6.74. The summed E-state index contributed by atoms with van der Waals surface area (Å²) in [5.41, 5.74) is 0.685. The molecule has 0 bridgehead atoms. The van der Waals surface area contributed by atoms with Crippen molar-refractivity contribution < 1.29 is 4.79 Å². The Morgan fingerprint density at radius 1 is 1.29 bits per heavy atom. The lowest BCUT2D eigenvalue weighted by atomic mass is 9.84. The van der Waals surface area contributed by atoms with Crippen LogP contribution in [-0.2, 0) is 0 Å². The third-order valence-corrected chi connectivity index (χ3v) is 5.31. The second kappa shape index (κ2) is 5.80. The van der Waals surface area contributed by atoms with Crippen molar-refractivity contribution in [1.29, 1.82) is 0 Å². The van der Waals surface area contributed by atoms with Crippen molar-refractivity contribution in [2.24, 2.45) is 5.92 Å². The number of rotatable bonds is 5. The lowest BCUT2D eigenvalue weighted by Crippen LogP contribution is -2.60. The van der Waals surface area contributed by atoms with E-state index < -0.39 is 0 Å². The molecule has 3 rings (SSSR count). The molecular formula is C18H26N2O. The van der Waals surface area contributed by atoms with Crippen LogP contribution in [0.1, 0.15) is 49.9 Å². The molecule has 1 heterocycles. The molecule has 1 aromatic carbocycles. The molecule has 1 aliphatic heterocycles. The Labute approximate surface area is 127 Å². The summed E-state index contributed by atoms with van der Waals surface area (Å²) in [5.74, 6) is 0.718. The molecule has 2 atom stereocenters. The lowest BCUT2D eigenvalue weighted by molar-refractivity contribution is 0.0783. The molecule has 0 aromatic heterocycles. The van der Waals surface area contributed by atoms with E-state index in [4.69, 9.17) is 0 Å². The number of hydrogen-bond acceptors (Lipinski definition) is 2. The van der Waals surface area contributed by atoms with Crippen LogP contribution in [0.25, 0.3) is 0 Å². The van der Waals surface area contributed by atoms with Crippen LogP contribution in [0.15, 0.2) is 30.3 Å². The van der Waals surface area contributed by atoms with Gasteiger partial charge in [0.15, 0.2) is 0 Å². The fraction of sp³-hybridized carbons (Fsp3) is 0.611. The number of carbonyl (C=O) groups is 1. The maximum absolute atomic E-state index is 12.6. The van der Waals surface area contributed by atoms with Gasteiger partial charge < -0.3 is 5.32 Å². The molecule has 1 unspecified atom stereocenters. The van der Waals surface area contributed by atoms with Gasteiger partial charge in [-0.05, 0) is 63.7 Å². The van der Waals surface area contributed by atoms with E-state index >= 15 is 0 Å². The maximum atomic E-state index is 12.6. The number of nitrogens with zero attached hydrogens (tertiary/aromatic N) is 1. The predicted molar refractivity (Wildman–Crippen MR) is 85.3 cm³/mol. The molecule has 1 aromatic rings. The van der Waals surface area contributed by atoms with E-state index in [-0.39, 0.29) is 11.4 Å². The number of likely N-dealkylation sites (N-methyl/N-ethyl adjacent to an activating group) is 1. The molecule has 0 radical (unpaired) electrons. The van der Waals surface area contributed by atoms with Crippen molar-refractivity contribution in [3.63, 3.8) is 0 Å². The van der Waals surface area contributed by atoms with Crippen LogP contribution < -0.4 is 5.32 Å². The van der Waals surface area contributed by atoms with Gasteiger partial charge in [-0.3, -0.25) is 9.69 Å². The molecule has 1 saturated carbocycles. The summed E-state index contributed by atoms with van der Waals surface area (Å²) in [4.78, 5) is 15.2. The standard InChI is InChI=1S/C18H26N2O/c1-3-20-13-7-10-16(20)18(2,15-11-12-15)19-17(21)14-8-5-4-6-9-14/h4-6,8-9,15-16H,3,7,10-13H2,1-2H3,(H,19,21)/t16?,18-/m0/s1. The minimum absolute atomic E-state index is 0.0768. The number of carbonyl (C=O) groups excluding carboxylic acids is 1. The Kier molecular flexibility index (Phi) is 4.03. The van der Waals surface area contributed by atoms with Crippen molar-refractivity contribution in [1.82, 2.24) is 10.2 Å². The monoisotopic (exact) mass is 286 g/mol. The molecule has 21 heavy (non-hydrogen) atoms. The molecule has 3 heteroatoms. The highest BCUT2D eigenvalue weighted by molar-refractivity contribution is 5.94. The van der Waals surface area contributed by atoms with Crippen molar-refractivity contribution >= 4 is 5.91 Å². The van der Waals surface area contributed by atoms with E-state index in [9.17, 15) is 4.79 Å². The third kappa shape index (κ3) is 2.84. The summed E-state index contributed by atoms with van der Waals surface area (Å²) >= 11 is 0. The molecule has 1 saturated heterocycles. The van der Waals surface area contributed by atoms with Gasteiger partial charge in [-0.1, -0.05) is 25.1 Å². The molecule has 1 aliphatic carbocycles. The highest BCUT2D eigenvalue weighted by atomic mass is 16.1. The quantitative estimate of drug-likeness (QED) is 0.902. The van der Waals surface area contributed by atoms with Gasteiger partial charge in [-0.2, -0.15) is 0 Å². The van der Waals surface area contributed by atoms with Crippen LogP contribution in [0.3, 0.4) is 0 Å². The Morgan fingerprint density at radius 2 is 2.00 bits per heavy atom. The summed E-state index contributed by atoms with van der Waals surface area (Å²) < 4.78 is 0. The maximum Gasteiger partial charge on any atom is 0.251 e. The fourth-order valence-corrected chi connectivity index (χ4v) is 3.93. The van der Waals surface area contributed by atoms with E-state index in [0.717, 1.165) is 12.1 Å². The first kappa shape index (κ1) is 14.6. The predicted octanol–water partition coefficient (Wildman–Crippen LogP) is 3.07. The topological polar surface area (TPSA) is 32.3 Å². The first-order valence-electron chi connectivity index (χ1n) is 8.26. The van der Waals surface area contributed by atoms with E-state index in [2.05, 4.69) is 24.1 Å². The molecule has 1 N–H and O–H groups in total. The molecule has 2 fully saturated rings. The normalized spacial score (nSPS) is 25.5. The largest absolute Gasteiger partial charge is 0.345 e. The van der Waals surface area contributed by atoms with Crippen LogP contribution in [0.5, 0.6) is 0 Å². The lowest BCUT2D eigenvalue weighted by Gasteiger charge is -2.41. The van der Waals surface area contributed by atoms with E-state index in [1.807, 2.05) is 30.3 Å². The van der Waals surface area contributed by atoms with E-state index in [1.165, 1.54) is 32.2 Å². The smallest absolute Gasteiger partial charge is 0.251 e. The number of likely N-dealkylation sites (tertiary alicyclic amines) is 1. The Morgan fingerprint density at radius 3 is 2.62 bits per heavy atom. The minimum Gasteiger partial charge on any atom is -0.345 e. The number of nitrogens with one attached hydrogen (secondary N) is 1. The summed E-state index contributed by atoms with van der Waals surface area (Å²) in [6, 6.07) is 10.1. The molecular weight excluding hydrogens is 260 g/mol. The molecule has 3 nitrogen and oxygen atoms in total. The van der Waals surface area contributed by atoms with Gasteiger partial charge >= 0.3 is 0 Å². The third-order valence-electron chi connectivity index (χ3n) is 5.31. The van der Waals surface area contributed by atoms with Crippen LogP contribution in [-0.4, -0.2) is 35.5 Å². The fourth-order valence-electron chi connectivity index (χ4n) is 3.93. The number of hydrogen-bond donors (Lipinski definition) is 1. The summed E-state index contributed by atoms with van der Waals surface area (Å²) in [6.07, 6.45) is 4.96.